The van der Waals surface area contributed by atoms with E-state index in [1.54, 1.807) is 18.2 Å². The Morgan fingerprint density at radius 1 is 1.35 bits per heavy atom. The molecule has 2 aromatic rings. The summed E-state index contributed by atoms with van der Waals surface area (Å²) in [4.78, 5) is 13.1. The largest absolute Gasteiger partial charge is 0.392 e. The van der Waals surface area contributed by atoms with E-state index in [2.05, 4.69) is 5.32 Å². The number of rotatable bonds is 6. The number of carbonyl (C=O) groups excluding carboxylic acids is 1. The summed E-state index contributed by atoms with van der Waals surface area (Å²) in [5.41, 5.74) is 1.43. The van der Waals surface area contributed by atoms with Crippen LogP contribution in [-0.2, 0) is 21.6 Å². The van der Waals surface area contributed by atoms with E-state index in [1.807, 2.05) is 17.5 Å². The van der Waals surface area contributed by atoms with Crippen molar-refractivity contribution in [1.82, 2.24) is 5.32 Å². The van der Waals surface area contributed by atoms with Crippen LogP contribution < -0.4 is 5.32 Å². The van der Waals surface area contributed by atoms with Gasteiger partial charge in [-0.2, -0.15) is 0 Å². The molecule has 0 aliphatic carbocycles. The summed E-state index contributed by atoms with van der Waals surface area (Å²) in [5, 5.41) is 13.9. The molecule has 3 rings (SSSR count). The van der Waals surface area contributed by atoms with Crippen molar-refractivity contribution < 1.29 is 19.0 Å². The molecule has 1 aromatic heterocycles. The highest BCUT2D eigenvalue weighted by atomic mass is 32.1. The quantitative estimate of drug-likeness (QED) is 0.762. The molecule has 2 heterocycles. The van der Waals surface area contributed by atoms with Crippen molar-refractivity contribution in [3.8, 4) is 0 Å². The van der Waals surface area contributed by atoms with Crippen LogP contribution in [0.1, 0.15) is 28.8 Å². The Kier molecular flexibility index (Phi) is 6.19. The van der Waals surface area contributed by atoms with Crippen LogP contribution in [0.4, 0.5) is 4.39 Å². The van der Waals surface area contributed by atoms with Crippen molar-refractivity contribution in [2.24, 2.45) is 0 Å². The van der Waals surface area contributed by atoms with Gasteiger partial charge in [0.1, 0.15) is 5.82 Å². The molecule has 26 heavy (non-hydrogen) atoms. The van der Waals surface area contributed by atoms with Gasteiger partial charge in [0.05, 0.1) is 6.61 Å². The zero-order valence-corrected chi connectivity index (χ0v) is 15.2. The van der Waals surface area contributed by atoms with Crippen molar-refractivity contribution >= 4 is 23.3 Å². The Bertz CT molecular complexity index is 781. The van der Waals surface area contributed by atoms with Crippen LogP contribution in [0.3, 0.4) is 0 Å². The summed E-state index contributed by atoms with van der Waals surface area (Å²) < 4.78 is 19.1. The number of aliphatic hydroxyl groups is 1. The predicted octanol–water partition coefficient (Wildman–Crippen LogP) is 3.26. The van der Waals surface area contributed by atoms with Crippen molar-refractivity contribution in [3.63, 3.8) is 0 Å². The third kappa shape index (κ3) is 4.58. The van der Waals surface area contributed by atoms with Gasteiger partial charge in [0.2, 0.25) is 5.91 Å². The Balaban J connectivity index is 1.67. The van der Waals surface area contributed by atoms with Crippen molar-refractivity contribution in [2.45, 2.75) is 24.9 Å². The number of halogens is 1. The molecule has 0 saturated carbocycles. The summed E-state index contributed by atoms with van der Waals surface area (Å²) >= 11 is 1.47. The van der Waals surface area contributed by atoms with Gasteiger partial charge in [-0.05, 0) is 53.6 Å². The molecular weight excluding hydrogens is 353 g/mol. The van der Waals surface area contributed by atoms with E-state index in [0.29, 0.717) is 19.8 Å². The monoisotopic (exact) mass is 375 g/mol. The van der Waals surface area contributed by atoms with Crippen LogP contribution in [0.25, 0.3) is 6.08 Å². The van der Waals surface area contributed by atoms with E-state index in [-0.39, 0.29) is 23.7 Å². The average molecular weight is 375 g/mol. The van der Waals surface area contributed by atoms with Gasteiger partial charge < -0.3 is 15.2 Å². The molecule has 1 amide bonds. The summed E-state index contributed by atoms with van der Waals surface area (Å²) in [7, 11) is 0. The molecule has 0 spiro atoms. The smallest absolute Gasteiger partial charge is 0.244 e. The highest BCUT2D eigenvalue weighted by Crippen LogP contribution is 2.34. The first-order valence-electron chi connectivity index (χ1n) is 8.59. The summed E-state index contributed by atoms with van der Waals surface area (Å²) in [5.74, 6) is -0.455. The number of ether oxygens (including phenoxy) is 1. The van der Waals surface area contributed by atoms with E-state index in [9.17, 15) is 9.18 Å². The van der Waals surface area contributed by atoms with E-state index in [1.165, 1.54) is 23.5 Å². The summed E-state index contributed by atoms with van der Waals surface area (Å²) in [6, 6.07) is 8.45. The zero-order chi connectivity index (χ0) is 18.4. The van der Waals surface area contributed by atoms with Crippen molar-refractivity contribution in [1.29, 1.82) is 0 Å². The van der Waals surface area contributed by atoms with Gasteiger partial charge in [0.25, 0.3) is 0 Å². The Morgan fingerprint density at radius 3 is 2.85 bits per heavy atom. The second-order valence-electron chi connectivity index (χ2n) is 6.47. The molecule has 0 radical (unpaired) electrons. The lowest BCUT2D eigenvalue weighted by atomic mass is 9.74. The van der Waals surface area contributed by atoms with Crippen LogP contribution in [-0.4, -0.2) is 30.8 Å². The number of thiophene rings is 1. The van der Waals surface area contributed by atoms with E-state index in [0.717, 1.165) is 28.8 Å². The third-order valence-corrected chi connectivity index (χ3v) is 5.69. The maximum Gasteiger partial charge on any atom is 0.244 e. The van der Waals surface area contributed by atoms with E-state index >= 15 is 0 Å². The summed E-state index contributed by atoms with van der Waals surface area (Å²) in [6.45, 7) is 1.63. The molecule has 138 valence electrons. The topological polar surface area (TPSA) is 58.6 Å². The fraction of sp³-hybridized carbons (Fsp3) is 0.350. The van der Waals surface area contributed by atoms with E-state index in [4.69, 9.17) is 9.84 Å². The predicted molar refractivity (Wildman–Crippen MR) is 100 cm³/mol. The van der Waals surface area contributed by atoms with Crippen LogP contribution in [0.15, 0.2) is 41.8 Å². The molecule has 0 bridgehead atoms. The normalized spacial score (nSPS) is 16.7. The maximum atomic E-state index is 13.7. The second kappa shape index (κ2) is 8.58. The van der Waals surface area contributed by atoms with Crippen molar-refractivity contribution in [2.75, 3.05) is 19.8 Å². The standard InChI is InChI=1S/C20H22FNO3S/c21-17-3-1-2-16(11-17)20(6-8-25-9-7-20)14-22-19(24)5-4-18-10-15(12-23)13-26-18/h1-5,10-11,13,23H,6-9,12,14H2,(H,22,24). The van der Waals surface area contributed by atoms with Gasteiger partial charge in [0.15, 0.2) is 0 Å². The lowest BCUT2D eigenvalue weighted by molar-refractivity contribution is -0.116. The van der Waals surface area contributed by atoms with Gasteiger partial charge >= 0.3 is 0 Å². The van der Waals surface area contributed by atoms with Gasteiger partial charge in [0, 0.05) is 36.1 Å². The fourth-order valence-corrected chi connectivity index (χ4v) is 3.98. The lowest BCUT2D eigenvalue weighted by Gasteiger charge is -2.37. The molecule has 0 unspecified atom stereocenters. The number of carbonyl (C=O) groups is 1. The van der Waals surface area contributed by atoms with Crippen molar-refractivity contribution in [3.05, 3.63) is 63.6 Å². The molecular formula is C20H22FNO3S. The number of amides is 1. The second-order valence-corrected chi connectivity index (χ2v) is 7.41. The fourth-order valence-electron chi connectivity index (χ4n) is 3.19. The van der Waals surface area contributed by atoms with Crippen LogP contribution in [0.2, 0.25) is 0 Å². The minimum absolute atomic E-state index is 0.00520. The highest BCUT2D eigenvalue weighted by Gasteiger charge is 2.34. The van der Waals surface area contributed by atoms with Crippen LogP contribution in [0.5, 0.6) is 0 Å². The van der Waals surface area contributed by atoms with Gasteiger partial charge in [-0.3, -0.25) is 4.79 Å². The SMILES string of the molecule is O=C(C=Cc1cc(CO)cs1)NCC1(c2cccc(F)c2)CCOCC1. The molecule has 1 fully saturated rings. The van der Waals surface area contributed by atoms with Gasteiger partial charge in [-0.1, -0.05) is 12.1 Å². The first kappa shape index (κ1) is 18.8. The Labute approximate surface area is 156 Å². The summed E-state index contributed by atoms with van der Waals surface area (Å²) in [6.07, 6.45) is 4.71. The molecule has 1 aromatic carbocycles. The zero-order valence-electron chi connectivity index (χ0n) is 14.4. The van der Waals surface area contributed by atoms with Gasteiger partial charge in [-0.15, -0.1) is 11.3 Å². The molecule has 1 aliphatic rings. The number of nitrogens with one attached hydrogen (secondary N) is 1. The molecule has 0 atom stereocenters. The van der Waals surface area contributed by atoms with Crippen LogP contribution in [0, 0.1) is 5.82 Å². The Morgan fingerprint density at radius 2 is 2.15 bits per heavy atom. The first-order valence-corrected chi connectivity index (χ1v) is 9.47. The number of aliphatic hydroxyl groups excluding tert-OH is 1. The minimum atomic E-state index is -0.309. The molecule has 1 saturated heterocycles. The van der Waals surface area contributed by atoms with Crippen LogP contribution >= 0.6 is 11.3 Å². The molecule has 6 heteroatoms. The molecule has 2 N–H and O–H groups in total. The number of hydrogen-bond acceptors (Lipinski definition) is 4. The molecule has 4 nitrogen and oxygen atoms in total. The van der Waals surface area contributed by atoms with E-state index < -0.39 is 0 Å². The lowest BCUT2D eigenvalue weighted by Crippen LogP contribution is -2.44. The minimum Gasteiger partial charge on any atom is -0.392 e. The van der Waals surface area contributed by atoms with Gasteiger partial charge in [-0.25, -0.2) is 4.39 Å². The number of hydrogen-bond donors (Lipinski definition) is 2. The average Bonchev–Trinajstić information content (AvgIpc) is 3.14. The number of benzene rings is 1. The molecule has 1 aliphatic heterocycles. The third-order valence-electron chi connectivity index (χ3n) is 4.74. The Hall–Kier alpha value is -2.02. The first-order chi connectivity index (χ1) is 12.6. The maximum absolute atomic E-state index is 13.7. The highest BCUT2D eigenvalue weighted by molar-refractivity contribution is 7.11.